The molecule has 0 radical (unpaired) electrons. The molecule has 0 amide bonds. The number of hydrogen-bond donors (Lipinski definition) is 1. The zero-order valence-electron chi connectivity index (χ0n) is 15.8. The molecule has 0 saturated heterocycles. The highest BCUT2D eigenvalue weighted by Crippen LogP contribution is 2.35. The van der Waals surface area contributed by atoms with Crippen molar-refractivity contribution >= 4 is 28.5 Å². The average Bonchev–Trinajstić information content (AvgIpc) is 3.05. The van der Waals surface area contributed by atoms with E-state index < -0.39 is 22.4 Å². The number of nitrogens with one attached hydrogen (secondary N) is 1. The second-order valence-corrected chi connectivity index (χ2v) is 6.62. The Morgan fingerprint density at radius 2 is 2.00 bits per heavy atom. The molecule has 0 saturated carbocycles. The fourth-order valence-corrected chi connectivity index (χ4v) is 3.02. The Bertz CT molecular complexity index is 1070. The Balaban J connectivity index is 1.92. The van der Waals surface area contributed by atoms with Gasteiger partial charge in [-0.25, -0.2) is 0 Å². The minimum atomic E-state index is -4.66. The quantitative estimate of drug-likeness (QED) is 0.312. The number of hydrogen-bond acceptors (Lipinski definition) is 4. The summed E-state index contributed by atoms with van der Waals surface area (Å²) >= 11 is 0. The predicted octanol–water partition coefficient (Wildman–Crippen LogP) is 5.99. The lowest BCUT2D eigenvalue weighted by atomic mass is 10.1. The van der Waals surface area contributed by atoms with Gasteiger partial charge in [-0.1, -0.05) is 25.1 Å². The van der Waals surface area contributed by atoms with E-state index in [1.54, 1.807) is 0 Å². The first kappa shape index (κ1) is 20.4. The van der Waals surface area contributed by atoms with Crippen LogP contribution in [0, 0.1) is 10.1 Å². The van der Waals surface area contributed by atoms with Crippen molar-refractivity contribution in [1.29, 1.82) is 0 Å². The topological polar surface area (TPSA) is 72.5 Å². The van der Waals surface area contributed by atoms with E-state index in [2.05, 4.69) is 28.9 Å². The Hall–Kier alpha value is -3.36. The van der Waals surface area contributed by atoms with Crippen molar-refractivity contribution in [2.45, 2.75) is 32.5 Å². The second-order valence-electron chi connectivity index (χ2n) is 6.62. The van der Waals surface area contributed by atoms with Crippen molar-refractivity contribution in [1.82, 2.24) is 4.57 Å². The number of halogens is 3. The first-order valence-electron chi connectivity index (χ1n) is 8.96. The van der Waals surface area contributed by atoms with Gasteiger partial charge in [0.2, 0.25) is 0 Å². The van der Waals surface area contributed by atoms with Crippen molar-refractivity contribution in [3.05, 3.63) is 69.9 Å². The summed E-state index contributed by atoms with van der Waals surface area (Å²) in [6.07, 6.45) is -0.288. The fraction of sp³-hybridized carbons (Fsp3) is 0.250. The van der Waals surface area contributed by atoms with Crippen LogP contribution in [0.3, 0.4) is 0 Å². The molecule has 1 N–H and O–H groups in total. The molecule has 0 aliphatic carbocycles. The van der Waals surface area contributed by atoms with Gasteiger partial charge in [-0.15, -0.1) is 0 Å². The van der Waals surface area contributed by atoms with E-state index in [0.29, 0.717) is 6.07 Å². The highest BCUT2D eigenvalue weighted by molar-refractivity contribution is 5.99. The van der Waals surface area contributed by atoms with Crippen molar-refractivity contribution in [2.24, 2.45) is 5.10 Å². The first-order chi connectivity index (χ1) is 13.7. The Labute approximate surface area is 164 Å². The second kappa shape index (κ2) is 7.94. The van der Waals surface area contributed by atoms with E-state index in [-0.39, 0.29) is 11.7 Å². The first-order valence-corrected chi connectivity index (χ1v) is 8.96. The lowest BCUT2D eigenvalue weighted by Gasteiger charge is -2.12. The summed E-state index contributed by atoms with van der Waals surface area (Å²) in [4.78, 5) is 10.3. The van der Waals surface area contributed by atoms with Gasteiger partial charge in [0.05, 0.1) is 16.7 Å². The molecule has 0 bridgehead atoms. The Morgan fingerprint density at radius 1 is 1.28 bits per heavy atom. The van der Waals surface area contributed by atoms with Crippen LogP contribution in [0.25, 0.3) is 10.9 Å². The number of anilines is 1. The van der Waals surface area contributed by atoms with Crippen molar-refractivity contribution in [2.75, 3.05) is 5.43 Å². The lowest BCUT2D eigenvalue weighted by Crippen LogP contribution is -2.06. The van der Waals surface area contributed by atoms with E-state index in [9.17, 15) is 23.3 Å². The Kier molecular flexibility index (Phi) is 5.58. The van der Waals surface area contributed by atoms with Crippen LogP contribution in [0.4, 0.5) is 24.5 Å². The van der Waals surface area contributed by atoms with E-state index in [4.69, 9.17) is 0 Å². The third-order valence-corrected chi connectivity index (χ3v) is 4.75. The van der Waals surface area contributed by atoms with Gasteiger partial charge in [0.15, 0.2) is 0 Å². The number of hydrazone groups is 1. The van der Waals surface area contributed by atoms with E-state index >= 15 is 0 Å². The molecule has 1 heterocycles. The SMILES string of the molecule is CC[C@@H](C)n1cc(/C=N\Nc2ccc(C(F)(F)F)cc2[N+](=O)[O-])c2ccccc21. The molecule has 152 valence electrons. The van der Waals surface area contributed by atoms with Gasteiger partial charge in [0.25, 0.3) is 5.69 Å². The molecule has 0 unspecified atom stereocenters. The summed E-state index contributed by atoms with van der Waals surface area (Å²) in [5.41, 5.74) is 2.41. The molecule has 9 heteroatoms. The van der Waals surface area contributed by atoms with Crippen LogP contribution in [0.15, 0.2) is 53.8 Å². The third-order valence-electron chi connectivity index (χ3n) is 4.75. The molecule has 1 aromatic heterocycles. The van der Waals surface area contributed by atoms with Crippen LogP contribution in [-0.2, 0) is 6.18 Å². The summed E-state index contributed by atoms with van der Waals surface area (Å²) in [7, 11) is 0. The standard InChI is InChI=1S/C20H19F3N4O2/c1-3-13(2)26-12-14(16-6-4-5-7-18(16)26)11-24-25-17-9-8-15(20(21,22)23)10-19(17)27(28)29/h4-13,25H,3H2,1-2H3/b24-11-/t13-/m1/s1. The minimum absolute atomic E-state index is 0.120. The van der Waals surface area contributed by atoms with Crippen LogP contribution in [-0.4, -0.2) is 15.7 Å². The monoisotopic (exact) mass is 404 g/mol. The third kappa shape index (κ3) is 4.23. The number of nitro benzene ring substituents is 1. The number of nitrogens with zero attached hydrogens (tertiary/aromatic N) is 3. The number of fused-ring (bicyclic) bond motifs is 1. The molecule has 2 aromatic carbocycles. The maximum atomic E-state index is 12.8. The highest BCUT2D eigenvalue weighted by Gasteiger charge is 2.33. The number of rotatable bonds is 6. The molecule has 0 aliphatic heterocycles. The maximum Gasteiger partial charge on any atom is 0.416 e. The Morgan fingerprint density at radius 3 is 2.66 bits per heavy atom. The van der Waals surface area contributed by atoms with Gasteiger partial charge in [0, 0.05) is 34.8 Å². The van der Waals surface area contributed by atoms with Crippen LogP contribution < -0.4 is 5.43 Å². The summed E-state index contributed by atoms with van der Waals surface area (Å²) in [5, 5.41) is 16.1. The van der Waals surface area contributed by atoms with Crippen molar-refractivity contribution < 1.29 is 18.1 Å². The average molecular weight is 404 g/mol. The van der Waals surface area contributed by atoms with Crippen LogP contribution >= 0.6 is 0 Å². The smallest absolute Gasteiger partial charge is 0.344 e. The zero-order valence-corrected chi connectivity index (χ0v) is 15.8. The van der Waals surface area contributed by atoms with Crippen molar-refractivity contribution in [3.63, 3.8) is 0 Å². The maximum absolute atomic E-state index is 12.8. The van der Waals surface area contributed by atoms with Crippen LogP contribution in [0.5, 0.6) is 0 Å². The van der Waals surface area contributed by atoms with Gasteiger partial charge in [-0.05, 0) is 31.5 Å². The number of alkyl halides is 3. The van der Waals surface area contributed by atoms with Gasteiger partial charge in [-0.3, -0.25) is 15.5 Å². The lowest BCUT2D eigenvalue weighted by molar-refractivity contribution is -0.384. The number of para-hydroxylation sites is 1. The summed E-state index contributed by atoms with van der Waals surface area (Å²) in [6.45, 7) is 4.18. The van der Waals surface area contributed by atoms with E-state index in [1.807, 2.05) is 30.5 Å². The molecule has 0 aliphatic rings. The molecule has 1 atom stereocenters. The fourth-order valence-electron chi connectivity index (χ4n) is 3.02. The molecule has 3 aromatic rings. The summed E-state index contributed by atoms with van der Waals surface area (Å²) < 4.78 is 40.5. The molecule has 6 nitrogen and oxygen atoms in total. The van der Waals surface area contributed by atoms with Crippen LogP contribution in [0.2, 0.25) is 0 Å². The molecule has 0 spiro atoms. The number of nitro groups is 1. The molecule has 0 fully saturated rings. The molecular formula is C20H19F3N4O2. The van der Waals surface area contributed by atoms with Gasteiger partial charge >= 0.3 is 6.18 Å². The normalized spacial score (nSPS) is 13.1. The highest BCUT2D eigenvalue weighted by atomic mass is 19.4. The van der Waals surface area contributed by atoms with Gasteiger partial charge in [0.1, 0.15) is 5.69 Å². The van der Waals surface area contributed by atoms with E-state index in [1.165, 1.54) is 6.21 Å². The predicted molar refractivity (Wildman–Crippen MR) is 106 cm³/mol. The number of aromatic nitrogens is 1. The summed E-state index contributed by atoms with van der Waals surface area (Å²) in [5.74, 6) is 0. The number of benzene rings is 2. The van der Waals surface area contributed by atoms with Crippen LogP contribution in [0.1, 0.15) is 37.4 Å². The minimum Gasteiger partial charge on any atom is -0.344 e. The largest absolute Gasteiger partial charge is 0.416 e. The molecule has 29 heavy (non-hydrogen) atoms. The molecular weight excluding hydrogens is 385 g/mol. The van der Waals surface area contributed by atoms with Gasteiger partial charge < -0.3 is 4.57 Å². The summed E-state index contributed by atoms with van der Waals surface area (Å²) in [6, 6.07) is 10.3. The van der Waals surface area contributed by atoms with Gasteiger partial charge in [-0.2, -0.15) is 18.3 Å². The van der Waals surface area contributed by atoms with Crippen molar-refractivity contribution in [3.8, 4) is 0 Å². The van der Waals surface area contributed by atoms with E-state index in [0.717, 1.165) is 35.0 Å². The molecule has 3 rings (SSSR count). The zero-order chi connectivity index (χ0) is 21.2.